The summed E-state index contributed by atoms with van der Waals surface area (Å²) in [6.45, 7) is 3.88. The summed E-state index contributed by atoms with van der Waals surface area (Å²) in [6.07, 6.45) is 1.71. The first kappa shape index (κ1) is 19.2. The normalized spacial score (nSPS) is 10.7. The van der Waals surface area contributed by atoms with E-state index in [1.165, 1.54) is 6.21 Å². The maximum atomic E-state index is 11.8. The summed E-state index contributed by atoms with van der Waals surface area (Å²) in [5.74, 6) is 0.153. The Bertz CT molecular complexity index is 758. The van der Waals surface area contributed by atoms with Crippen molar-refractivity contribution in [2.24, 2.45) is 5.10 Å². The number of rotatable bonds is 8. The fraction of sp³-hybridized carbons (Fsp3) is 0.250. The molecule has 0 unspecified atom stereocenters. The molecule has 2 rings (SSSR count). The van der Waals surface area contributed by atoms with E-state index in [0.29, 0.717) is 11.4 Å². The first-order chi connectivity index (χ1) is 12.5. The van der Waals surface area contributed by atoms with Gasteiger partial charge in [0.15, 0.2) is 0 Å². The van der Waals surface area contributed by atoms with Crippen molar-refractivity contribution in [2.45, 2.75) is 32.8 Å². The third-order valence-electron chi connectivity index (χ3n) is 3.31. The lowest BCUT2D eigenvalue weighted by molar-refractivity contribution is -0.124. The summed E-state index contributed by atoms with van der Waals surface area (Å²) in [7, 11) is 0. The highest BCUT2D eigenvalue weighted by molar-refractivity contribution is 5.93. The van der Waals surface area contributed by atoms with Crippen molar-refractivity contribution in [3.63, 3.8) is 0 Å². The summed E-state index contributed by atoms with van der Waals surface area (Å²) < 4.78 is 5.68. The molecule has 2 aromatic rings. The maximum Gasteiger partial charge on any atom is 0.240 e. The van der Waals surface area contributed by atoms with Crippen LogP contribution in [0.25, 0.3) is 0 Å². The van der Waals surface area contributed by atoms with Crippen LogP contribution < -0.4 is 15.5 Å². The zero-order valence-corrected chi connectivity index (χ0v) is 14.9. The van der Waals surface area contributed by atoms with Gasteiger partial charge in [-0.3, -0.25) is 9.59 Å². The molecule has 136 valence electrons. The van der Waals surface area contributed by atoms with Crippen molar-refractivity contribution in [1.29, 1.82) is 0 Å². The fourth-order valence-corrected chi connectivity index (χ4v) is 2.15. The third kappa shape index (κ3) is 6.76. The number of anilines is 1. The van der Waals surface area contributed by atoms with E-state index in [1.54, 1.807) is 12.1 Å². The molecule has 6 nitrogen and oxygen atoms in total. The second kappa shape index (κ2) is 9.98. The van der Waals surface area contributed by atoms with Gasteiger partial charge in [-0.2, -0.15) is 5.10 Å². The number of hydrogen-bond donors (Lipinski definition) is 2. The molecule has 2 amide bonds. The Hall–Kier alpha value is -3.15. The minimum atomic E-state index is -0.327. The van der Waals surface area contributed by atoms with Gasteiger partial charge in [0.05, 0.1) is 12.3 Å². The SMILES string of the molecule is CC(C)Oc1ccccc1C=NNC(=O)CCC(=O)Nc1ccccc1. The Morgan fingerprint density at radius 2 is 1.65 bits per heavy atom. The lowest BCUT2D eigenvalue weighted by atomic mass is 10.2. The highest BCUT2D eigenvalue weighted by atomic mass is 16.5. The molecule has 0 aromatic heterocycles. The Labute approximate surface area is 153 Å². The molecule has 0 spiro atoms. The van der Waals surface area contributed by atoms with Gasteiger partial charge in [-0.1, -0.05) is 30.3 Å². The van der Waals surface area contributed by atoms with Crippen LogP contribution in [0.5, 0.6) is 5.75 Å². The summed E-state index contributed by atoms with van der Waals surface area (Å²) >= 11 is 0. The highest BCUT2D eigenvalue weighted by Gasteiger charge is 2.07. The van der Waals surface area contributed by atoms with Crippen LogP contribution in [0.2, 0.25) is 0 Å². The zero-order valence-electron chi connectivity index (χ0n) is 14.9. The predicted octanol–water partition coefficient (Wildman–Crippen LogP) is 3.34. The quantitative estimate of drug-likeness (QED) is 0.564. The van der Waals surface area contributed by atoms with Crippen LogP contribution in [0.1, 0.15) is 32.3 Å². The number of amides is 2. The van der Waals surface area contributed by atoms with Crippen molar-refractivity contribution in [1.82, 2.24) is 5.43 Å². The van der Waals surface area contributed by atoms with E-state index >= 15 is 0 Å². The molecule has 6 heteroatoms. The molecule has 0 aliphatic carbocycles. The van der Waals surface area contributed by atoms with Crippen LogP contribution in [0.15, 0.2) is 59.7 Å². The molecular formula is C20H23N3O3. The topological polar surface area (TPSA) is 79.8 Å². The van der Waals surface area contributed by atoms with Crippen molar-refractivity contribution in [3.05, 3.63) is 60.2 Å². The first-order valence-corrected chi connectivity index (χ1v) is 8.47. The van der Waals surface area contributed by atoms with Gasteiger partial charge in [-0.05, 0) is 38.1 Å². The van der Waals surface area contributed by atoms with Crippen LogP contribution in [-0.4, -0.2) is 24.1 Å². The van der Waals surface area contributed by atoms with Gasteiger partial charge in [-0.15, -0.1) is 0 Å². The molecule has 0 saturated heterocycles. The van der Waals surface area contributed by atoms with E-state index < -0.39 is 0 Å². The Morgan fingerprint density at radius 3 is 2.38 bits per heavy atom. The van der Waals surface area contributed by atoms with Gasteiger partial charge in [0.2, 0.25) is 11.8 Å². The number of carbonyl (C=O) groups is 2. The molecule has 0 bridgehead atoms. The predicted molar refractivity (Wildman–Crippen MR) is 102 cm³/mol. The third-order valence-corrected chi connectivity index (χ3v) is 3.31. The highest BCUT2D eigenvalue weighted by Crippen LogP contribution is 2.17. The first-order valence-electron chi connectivity index (χ1n) is 8.47. The minimum Gasteiger partial charge on any atom is -0.490 e. The monoisotopic (exact) mass is 353 g/mol. The van der Waals surface area contributed by atoms with Gasteiger partial charge in [0, 0.05) is 24.1 Å². The molecule has 2 N–H and O–H groups in total. The lowest BCUT2D eigenvalue weighted by Crippen LogP contribution is -2.20. The van der Waals surface area contributed by atoms with E-state index in [4.69, 9.17) is 4.74 Å². The number of benzene rings is 2. The minimum absolute atomic E-state index is 0.0438. The van der Waals surface area contributed by atoms with E-state index in [2.05, 4.69) is 15.8 Å². The van der Waals surface area contributed by atoms with Crippen molar-refractivity contribution < 1.29 is 14.3 Å². The summed E-state index contributed by atoms with van der Waals surface area (Å²) in [5, 5.41) is 6.67. The second-order valence-corrected chi connectivity index (χ2v) is 5.91. The number of carbonyl (C=O) groups excluding carboxylic acids is 2. The van der Waals surface area contributed by atoms with E-state index in [-0.39, 0.29) is 30.8 Å². The molecule has 0 heterocycles. The second-order valence-electron chi connectivity index (χ2n) is 5.91. The Morgan fingerprint density at radius 1 is 1.00 bits per heavy atom. The Balaban J connectivity index is 1.78. The van der Waals surface area contributed by atoms with Gasteiger partial charge in [0.25, 0.3) is 0 Å². The number of hydrogen-bond acceptors (Lipinski definition) is 4. The average molecular weight is 353 g/mol. The largest absolute Gasteiger partial charge is 0.490 e. The average Bonchev–Trinajstić information content (AvgIpc) is 2.62. The molecule has 26 heavy (non-hydrogen) atoms. The van der Waals surface area contributed by atoms with Crippen LogP contribution >= 0.6 is 0 Å². The van der Waals surface area contributed by atoms with Gasteiger partial charge in [-0.25, -0.2) is 5.43 Å². The molecule has 2 aromatic carbocycles. The van der Waals surface area contributed by atoms with Gasteiger partial charge in [0.1, 0.15) is 5.75 Å². The zero-order chi connectivity index (χ0) is 18.8. The van der Waals surface area contributed by atoms with Crippen LogP contribution in [-0.2, 0) is 9.59 Å². The van der Waals surface area contributed by atoms with E-state index in [9.17, 15) is 9.59 Å². The smallest absolute Gasteiger partial charge is 0.240 e. The van der Waals surface area contributed by atoms with Gasteiger partial charge < -0.3 is 10.1 Å². The standard InChI is InChI=1S/C20H23N3O3/c1-15(2)26-18-11-7-6-8-16(18)14-21-23-20(25)13-12-19(24)22-17-9-4-3-5-10-17/h3-11,14-15H,12-13H2,1-2H3,(H,22,24)(H,23,25). The van der Waals surface area contributed by atoms with Crippen molar-refractivity contribution in [2.75, 3.05) is 5.32 Å². The van der Waals surface area contributed by atoms with Crippen LogP contribution in [0, 0.1) is 0 Å². The van der Waals surface area contributed by atoms with E-state index in [1.807, 2.05) is 56.3 Å². The molecule has 0 aliphatic rings. The Kier molecular flexibility index (Phi) is 7.36. The molecule has 0 atom stereocenters. The maximum absolute atomic E-state index is 11.8. The van der Waals surface area contributed by atoms with Gasteiger partial charge >= 0.3 is 0 Å². The summed E-state index contributed by atoms with van der Waals surface area (Å²) in [6, 6.07) is 16.5. The molecule has 0 aliphatic heterocycles. The number of para-hydroxylation sites is 2. The number of hydrazone groups is 1. The number of ether oxygens (including phenoxy) is 1. The number of nitrogens with zero attached hydrogens (tertiary/aromatic N) is 1. The number of nitrogens with one attached hydrogen (secondary N) is 2. The van der Waals surface area contributed by atoms with Crippen molar-refractivity contribution in [3.8, 4) is 5.75 Å². The molecule has 0 fully saturated rings. The molecule has 0 radical (unpaired) electrons. The van der Waals surface area contributed by atoms with Crippen LogP contribution in [0.4, 0.5) is 5.69 Å². The lowest BCUT2D eigenvalue weighted by Gasteiger charge is -2.11. The molecular weight excluding hydrogens is 330 g/mol. The molecule has 0 saturated carbocycles. The van der Waals surface area contributed by atoms with Crippen molar-refractivity contribution >= 4 is 23.7 Å². The summed E-state index contributed by atoms with van der Waals surface area (Å²) in [4.78, 5) is 23.6. The van der Waals surface area contributed by atoms with E-state index in [0.717, 1.165) is 5.56 Å². The fourth-order valence-electron chi connectivity index (χ4n) is 2.15. The summed E-state index contributed by atoms with van der Waals surface area (Å²) in [5.41, 5.74) is 3.90. The van der Waals surface area contributed by atoms with Crippen LogP contribution in [0.3, 0.4) is 0 Å².